The summed E-state index contributed by atoms with van der Waals surface area (Å²) in [7, 11) is 0. The van der Waals surface area contributed by atoms with Gasteiger partial charge in [-0.25, -0.2) is 0 Å². The van der Waals surface area contributed by atoms with Crippen LogP contribution in [0.1, 0.15) is 35.1 Å². The quantitative estimate of drug-likeness (QED) is 0.562. The molecule has 0 aliphatic carbocycles. The van der Waals surface area contributed by atoms with Gasteiger partial charge in [-0.15, -0.1) is 0 Å². The van der Waals surface area contributed by atoms with Gasteiger partial charge in [0, 0.05) is 35.3 Å². The molecule has 0 saturated carbocycles. The van der Waals surface area contributed by atoms with Gasteiger partial charge in [0.15, 0.2) is 5.11 Å². The summed E-state index contributed by atoms with van der Waals surface area (Å²) in [6.07, 6.45) is 2.20. The lowest BCUT2D eigenvalue weighted by molar-refractivity contribution is 0.0904. The van der Waals surface area contributed by atoms with Crippen molar-refractivity contribution in [3.05, 3.63) is 75.1 Å². The number of pyridine rings is 1. The first kappa shape index (κ1) is 21.5. The van der Waals surface area contributed by atoms with Crippen LogP contribution >= 0.6 is 12.2 Å². The number of fused-ring (bicyclic) bond motifs is 1. The van der Waals surface area contributed by atoms with Crippen LogP contribution in [0.2, 0.25) is 0 Å². The molecule has 0 amide bonds. The normalized spacial score (nSPS) is 15.9. The monoisotopic (exact) mass is 435 g/mol. The third-order valence-corrected chi connectivity index (χ3v) is 6.15. The Hall–Kier alpha value is -2.70. The van der Waals surface area contributed by atoms with Crippen molar-refractivity contribution in [3.63, 3.8) is 0 Å². The van der Waals surface area contributed by atoms with Crippen LogP contribution in [0.15, 0.2) is 47.3 Å². The van der Waals surface area contributed by atoms with Crippen molar-refractivity contribution in [1.29, 1.82) is 0 Å². The molecule has 1 saturated heterocycles. The summed E-state index contributed by atoms with van der Waals surface area (Å²) >= 11 is 5.75. The van der Waals surface area contributed by atoms with Crippen molar-refractivity contribution in [2.45, 2.75) is 46.3 Å². The van der Waals surface area contributed by atoms with Gasteiger partial charge >= 0.3 is 0 Å². The van der Waals surface area contributed by atoms with E-state index in [1.54, 1.807) is 0 Å². The lowest BCUT2D eigenvalue weighted by Gasteiger charge is -2.28. The van der Waals surface area contributed by atoms with Gasteiger partial charge in [0.2, 0.25) is 0 Å². The third-order valence-electron chi connectivity index (χ3n) is 5.79. The predicted octanol–water partition coefficient (Wildman–Crippen LogP) is 4.83. The van der Waals surface area contributed by atoms with E-state index in [-0.39, 0.29) is 11.7 Å². The van der Waals surface area contributed by atoms with Gasteiger partial charge in [0.1, 0.15) is 0 Å². The zero-order chi connectivity index (χ0) is 22.0. The first-order valence-corrected chi connectivity index (χ1v) is 11.2. The Morgan fingerprint density at radius 3 is 2.65 bits per heavy atom. The maximum atomic E-state index is 12.9. The molecule has 162 valence electrons. The van der Waals surface area contributed by atoms with Gasteiger partial charge in [-0.2, -0.15) is 0 Å². The third kappa shape index (κ3) is 5.14. The molecule has 6 heteroatoms. The molecule has 2 N–H and O–H groups in total. The fraction of sp³-hybridized carbons (Fsp3) is 0.360. The average Bonchev–Trinajstić information content (AvgIpc) is 3.23. The molecule has 0 bridgehead atoms. The Balaban J connectivity index is 1.62. The van der Waals surface area contributed by atoms with Crippen molar-refractivity contribution in [2.75, 3.05) is 18.5 Å². The lowest BCUT2D eigenvalue weighted by atomic mass is 10.0. The number of nitrogens with one attached hydrogen (secondary N) is 2. The van der Waals surface area contributed by atoms with E-state index < -0.39 is 0 Å². The first-order valence-electron chi connectivity index (χ1n) is 10.8. The lowest BCUT2D eigenvalue weighted by Crippen LogP contribution is -2.40. The minimum Gasteiger partial charge on any atom is -0.376 e. The minimum atomic E-state index is -0.0759. The zero-order valence-corrected chi connectivity index (χ0v) is 19.1. The Morgan fingerprint density at radius 2 is 1.94 bits per heavy atom. The van der Waals surface area contributed by atoms with Crippen LogP contribution in [-0.2, 0) is 11.3 Å². The maximum absolute atomic E-state index is 12.9. The van der Waals surface area contributed by atoms with E-state index in [1.165, 1.54) is 5.56 Å². The van der Waals surface area contributed by atoms with Crippen LogP contribution in [-0.4, -0.2) is 34.3 Å². The molecule has 1 aliphatic heterocycles. The number of ether oxygens (including phenoxy) is 1. The predicted molar refractivity (Wildman–Crippen MR) is 131 cm³/mol. The van der Waals surface area contributed by atoms with Crippen LogP contribution in [0.5, 0.6) is 0 Å². The van der Waals surface area contributed by atoms with Crippen LogP contribution in [0.4, 0.5) is 5.69 Å². The average molecular weight is 436 g/mol. The second-order valence-corrected chi connectivity index (χ2v) is 8.87. The minimum absolute atomic E-state index is 0.0759. The molecular formula is C25H29N3O2S. The van der Waals surface area contributed by atoms with E-state index in [4.69, 9.17) is 17.0 Å². The molecule has 0 radical (unpaired) electrons. The van der Waals surface area contributed by atoms with E-state index in [0.717, 1.165) is 47.2 Å². The Bertz CT molecular complexity index is 1150. The molecule has 4 rings (SSSR count). The van der Waals surface area contributed by atoms with Gasteiger partial charge in [0.25, 0.3) is 5.56 Å². The van der Waals surface area contributed by atoms with Crippen molar-refractivity contribution in [3.8, 4) is 0 Å². The first-order chi connectivity index (χ1) is 14.9. The largest absolute Gasteiger partial charge is 0.376 e. The summed E-state index contributed by atoms with van der Waals surface area (Å²) in [4.78, 5) is 18.0. The molecule has 1 aromatic heterocycles. The van der Waals surface area contributed by atoms with E-state index in [0.29, 0.717) is 23.8 Å². The maximum Gasteiger partial charge on any atom is 0.253 e. The van der Waals surface area contributed by atoms with E-state index in [1.807, 2.05) is 48.2 Å². The Kier molecular flexibility index (Phi) is 6.39. The molecular weight excluding hydrogens is 406 g/mol. The van der Waals surface area contributed by atoms with Crippen molar-refractivity contribution in [2.24, 2.45) is 0 Å². The highest BCUT2D eigenvalue weighted by Gasteiger charge is 2.22. The highest BCUT2D eigenvalue weighted by atomic mass is 32.1. The summed E-state index contributed by atoms with van der Waals surface area (Å²) < 4.78 is 5.85. The second kappa shape index (κ2) is 9.20. The van der Waals surface area contributed by atoms with Gasteiger partial charge in [0.05, 0.1) is 12.6 Å². The van der Waals surface area contributed by atoms with Gasteiger partial charge < -0.3 is 19.9 Å². The van der Waals surface area contributed by atoms with E-state index >= 15 is 0 Å². The van der Waals surface area contributed by atoms with Crippen molar-refractivity contribution >= 4 is 33.9 Å². The summed E-state index contributed by atoms with van der Waals surface area (Å²) in [5, 5.41) is 4.99. The number of rotatable bonds is 5. The molecule has 5 nitrogen and oxygen atoms in total. The zero-order valence-electron chi connectivity index (χ0n) is 18.3. The van der Waals surface area contributed by atoms with Gasteiger partial charge in [-0.3, -0.25) is 4.79 Å². The molecule has 1 aliphatic rings. The molecule has 2 heterocycles. The number of hydrogen-bond acceptors (Lipinski definition) is 3. The number of aromatic nitrogens is 1. The van der Waals surface area contributed by atoms with Crippen molar-refractivity contribution < 1.29 is 4.74 Å². The van der Waals surface area contributed by atoms with Gasteiger partial charge in [-0.05, 0) is 81.2 Å². The topological polar surface area (TPSA) is 57.4 Å². The molecule has 0 unspecified atom stereocenters. The number of aryl methyl sites for hydroxylation is 3. The summed E-state index contributed by atoms with van der Waals surface area (Å²) in [6.45, 7) is 8.04. The van der Waals surface area contributed by atoms with Crippen LogP contribution in [0.25, 0.3) is 10.9 Å². The molecule has 1 atom stereocenters. The smallest absolute Gasteiger partial charge is 0.253 e. The Labute approximate surface area is 188 Å². The van der Waals surface area contributed by atoms with Gasteiger partial charge in [-0.1, -0.05) is 23.8 Å². The molecule has 1 fully saturated rings. The molecule has 2 aromatic carbocycles. The fourth-order valence-corrected chi connectivity index (χ4v) is 4.39. The number of anilines is 1. The van der Waals surface area contributed by atoms with Crippen LogP contribution in [0, 0.1) is 20.8 Å². The number of benzene rings is 2. The number of H-pyrrole nitrogens is 1. The van der Waals surface area contributed by atoms with Crippen LogP contribution in [0.3, 0.4) is 0 Å². The van der Waals surface area contributed by atoms with E-state index in [2.05, 4.69) is 30.2 Å². The number of thiocarbonyl (C=S) groups is 1. The standard InChI is InChI=1S/C25H29N3O2S/c1-16-6-8-20(9-7-16)26-25(31)28(15-21-5-4-10-30-21)14-19-13-22-18(3)11-17(2)12-23(22)27-24(19)29/h6-9,11-13,21H,4-5,10,14-15H2,1-3H3,(H,26,31)(H,27,29)/t21-/m1/s1. The summed E-state index contributed by atoms with van der Waals surface area (Å²) in [5.41, 5.74) is 5.92. The highest BCUT2D eigenvalue weighted by molar-refractivity contribution is 7.80. The molecule has 31 heavy (non-hydrogen) atoms. The number of nitrogens with zero attached hydrogens (tertiary/aromatic N) is 1. The molecule has 3 aromatic rings. The molecule has 0 spiro atoms. The summed E-state index contributed by atoms with van der Waals surface area (Å²) in [6, 6.07) is 14.3. The number of aromatic amines is 1. The number of hydrogen-bond donors (Lipinski definition) is 2. The summed E-state index contributed by atoms with van der Waals surface area (Å²) in [5.74, 6) is 0. The Morgan fingerprint density at radius 1 is 1.16 bits per heavy atom. The second-order valence-electron chi connectivity index (χ2n) is 8.48. The van der Waals surface area contributed by atoms with Crippen LogP contribution < -0.4 is 10.9 Å². The van der Waals surface area contributed by atoms with Crippen molar-refractivity contribution in [1.82, 2.24) is 9.88 Å². The van der Waals surface area contributed by atoms with E-state index in [9.17, 15) is 4.79 Å². The highest BCUT2D eigenvalue weighted by Crippen LogP contribution is 2.21. The SMILES string of the molecule is Cc1ccc(NC(=S)N(Cc2cc3c(C)cc(C)cc3[nH]c2=O)C[C@H]2CCCO2)cc1. The fourth-order valence-electron chi connectivity index (χ4n) is 4.13.